The van der Waals surface area contributed by atoms with E-state index in [0.29, 0.717) is 0 Å². The number of ketones is 1. The Labute approximate surface area is 327 Å². The molecule has 7 heteroatoms. The average molecular weight is 902 g/mol. The molecule has 0 atom stereocenters. The standard InChI is InChI=1S/C32H25N2SSi.C13H24O2.Ir/c1-32(2)26-19-22-13-11-10-12-21(22)18-25(26)29-27-28(32)31(35-30(27)34-20-33-29)36(3,23-14-6-4-7-15-23)24-16-8-5-9-17-24;1-5-10(6-2)12(14)9-13(15)11(7-3)8-4;/h4-17,19-20H,1-3H3;9-11,14H,5-8H2,1-4H3;/q-1;;/b;12-9-;. The molecular formula is C45H49IrN2O2SSi-. The van der Waals surface area contributed by atoms with Gasteiger partial charge in [-0.2, -0.15) is 0 Å². The van der Waals surface area contributed by atoms with Crippen LogP contribution in [0.25, 0.3) is 32.2 Å². The SMILES string of the molecule is CC1(C)c2cc3ccccc3[c-]c2-c2ncnc3sc([Si](C)(c4ccccc4)c4ccccc4)c1c23.CCC(CC)C(=O)/C=C(\O)C(CC)CC.[Ir]. The molecule has 1 aliphatic carbocycles. The van der Waals surface area contributed by atoms with E-state index >= 15 is 0 Å². The minimum absolute atomic E-state index is 0. The Morgan fingerprint density at radius 2 is 1.40 bits per heavy atom. The van der Waals surface area contributed by atoms with Crippen molar-refractivity contribution in [1.29, 1.82) is 0 Å². The smallest absolute Gasteiger partial charge is 0.162 e. The summed E-state index contributed by atoms with van der Waals surface area (Å²) in [5, 5.41) is 16.2. The summed E-state index contributed by atoms with van der Waals surface area (Å²) in [7, 11) is -2.34. The number of fused-ring (bicyclic) bond motifs is 3. The Morgan fingerprint density at radius 3 is 1.98 bits per heavy atom. The molecule has 1 radical (unpaired) electrons. The number of rotatable bonds is 10. The second-order valence-electron chi connectivity index (χ2n) is 14.3. The Balaban J connectivity index is 0.000000280. The molecular weight excluding hydrogens is 853 g/mol. The number of allylic oxidation sites excluding steroid dienone is 2. The summed E-state index contributed by atoms with van der Waals surface area (Å²) in [6, 6.07) is 36.8. The molecule has 0 aliphatic heterocycles. The third kappa shape index (κ3) is 7.13. The van der Waals surface area contributed by atoms with Crippen LogP contribution in [0.15, 0.2) is 109 Å². The fourth-order valence-electron chi connectivity index (χ4n) is 7.80. The van der Waals surface area contributed by atoms with Gasteiger partial charge in [-0.05, 0) is 47.0 Å². The first-order chi connectivity index (χ1) is 24.6. The van der Waals surface area contributed by atoms with Gasteiger partial charge >= 0.3 is 0 Å². The first-order valence-electron chi connectivity index (χ1n) is 18.4. The minimum atomic E-state index is -2.34. The first-order valence-corrected chi connectivity index (χ1v) is 21.7. The van der Waals surface area contributed by atoms with Crippen molar-refractivity contribution in [3.05, 3.63) is 126 Å². The topological polar surface area (TPSA) is 63.1 Å². The van der Waals surface area contributed by atoms with Gasteiger partial charge < -0.3 is 5.11 Å². The normalized spacial score (nSPS) is 13.4. The maximum absolute atomic E-state index is 11.7. The molecule has 4 aromatic carbocycles. The maximum Gasteiger partial charge on any atom is 0.162 e. The zero-order valence-electron chi connectivity index (χ0n) is 31.3. The number of aromatic nitrogens is 2. The van der Waals surface area contributed by atoms with Gasteiger partial charge in [0.25, 0.3) is 0 Å². The van der Waals surface area contributed by atoms with Crippen molar-refractivity contribution < 1.29 is 30.0 Å². The van der Waals surface area contributed by atoms with Crippen LogP contribution < -0.4 is 14.9 Å². The number of thiophene rings is 1. The predicted octanol–water partition coefficient (Wildman–Crippen LogP) is 9.92. The number of carbonyl (C=O) groups excluding carboxylic acids is 1. The fourth-order valence-corrected chi connectivity index (χ4v) is 14.2. The second-order valence-corrected chi connectivity index (χ2v) is 19.6. The molecule has 271 valence electrons. The molecule has 52 heavy (non-hydrogen) atoms. The van der Waals surface area contributed by atoms with Gasteiger partial charge in [-0.3, -0.25) is 9.78 Å². The molecule has 0 saturated heterocycles. The third-order valence-electron chi connectivity index (χ3n) is 11.1. The van der Waals surface area contributed by atoms with Crippen LogP contribution in [0.5, 0.6) is 0 Å². The molecule has 0 spiro atoms. The summed E-state index contributed by atoms with van der Waals surface area (Å²) in [6.07, 6.45) is 6.64. The number of hydrogen-bond acceptors (Lipinski definition) is 5. The van der Waals surface area contributed by atoms with Crippen molar-refractivity contribution in [2.24, 2.45) is 11.8 Å². The van der Waals surface area contributed by atoms with E-state index in [1.807, 2.05) is 39.0 Å². The van der Waals surface area contributed by atoms with Crippen LogP contribution in [0.3, 0.4) is 0 Å². The quantitative estimate of drug-likeness (QED) is 0.0644. The van der Waals surface area contributed by atoms with Crippen LogP contribution in [0.1, 0.15) is 78.4 Å². The maximum atomic E-state index is 11.7. The van der Waals surface area contributed by atoms with Crippen molar-refractivity contribution in [1.82, 2.24) is 9.97 Å². The van der Waals surface area contributed by atoms with Crippen LogP contribution in [0, 0.1) is 17.9 Å². The number of aliphatic hydroxyl groups excluding tert-OH is 1. The summed E-state index contributed by atoms with van der Waals surface area (Å²) >= 11 is 1.87. The van der Waals surface area contributed by atoms with Crippen molar-refractivity contribution in [3.8, 4) is 11.3 Å². The number of nitrogens with zero attached hydrogens (tertiary/aromatic N) is 2. The van der Waals surface area contributed by atoms with Gasteiger partial charge in [0.15, 0.2) is 13.9 Å². The molecule has 2 heterocycles. The van der Waals surface area contributed by atoms with Crippen LogP contribution in [0.2, 0.25) is 6.55 Å². The van der Waals surface area contributed by atoms with E-state index in [4.69, 9.17) is 9.97 Å². The van der Waals surface area contributed by atoms with E-state index in [0.717, 1.165) is 47.2 Å². The molecule has 0 fully saturated rings. The van der Waals surface area contributed by atoms with Crippen LogP contribution in [-0.2, 0) is 30.3 Å². The van der Waals surface area contributed by atoms with Crippen molar-refractivity contribution in [2.45, 2.75) is 79.2 Å². The number of hydrogen-bond donors (Lipinski definition) is 1. The van der Waals surface area contributed by atoms with E-state index in [-0.39, 0.29) is 48.9 Å². The van der Waals surface area contributed by atoms with Gasteiger partial charge in [0.05, 0.1) is 5.76 Å². The molecule has 4 nitrogen and oxygen atoms in total. The molecule has 0 amide bonds. The number of benzene rings is 4. The fraction of sp³-hybridized carbons (Fsp3) is 0.311. The van der Waals surface area contributed by atoms with Crippen LogP contribution in [-0.4, -0.2) is 28.9 Å². The van der Waals surface area contributed by atoms with E-state index in [2.05, 4.69) is 117 Å². The number of aliphatic hydroxyl groups is 1. The van der Waals surface area contributed by atoms with Gasteiger partial charge in [0.1, 0.15) is 11.2 Å². The van der Waals surface area contributed by atoms with Gasteiger partial charge in [-0.15, -0.1) is 34.9 Å². The average Bonchev–Trinajstić information content (AvgIpc) is 3.57. The molecule has 0 bridgehead atoms. The molecule has 0 unspecified atom stereocenters. The van der Waals surface area contributed by atoms with E-state index in [1.54, 1.807) is 6.33 Å². The summed E-state index contributed by atoms with van der Waals surface area (Å²) < 4.78 is 1.47. The summed E-state index contributed by atoms with van der Waals surface area (Å²) in [4.78, 5) is 22.5. The molecule has 1 N–H and O–H groups in total. The van der Waals surface area contributed by atoms with Crippen molar-refractivity contribution in [2.75, 3.05) is 0 Å². The van der Waals surface area contributed by atoms with Gasteiger partial charge in [0.2, 0.25) is 0 Å². The summed E-state index contributed by atoms with van der Waals surface area (Å²) in [5.41, 5.74) is 4.63. The van der Waals surface area contributed by atoms with Crippen molar-refractivity contribution in [3.63, 3.8) is 0 Å². The summed E-state index contributed by atoms with van der Waals surface area (Å²) in [6.45, 7) is 15.3. The van der Waals surface area contributed by atoms with Gasteiger partial charge in [-0.25, -0.2) is 4.98 Å². The Kier molecular flexibility index (Phi) is 12.5. The second kappa shape index (κ2) is 16.5. The largest absolute Gasteiger partial charge is 0.512 e. The Hall–Kier alpha value is -3.74. The minimum Gasteiger partial charge on any atom is -0.512 e. The Bertz CT molecular complexity index is 2150. The van der Waals surface area contributed by atoms with E-state index in [1.165, 1.54) is 42.8 Å². The molecule has 7 rings (SSSR count). The predicted molar refractivity (Wildman–Crippen MR) is 219 cm³/mol. The van der Waals surface area contributed by atoms with E-state index < -0.39 is 8.07 Å². The van der Waals surface area contributed by atoms with Gasteiger partial charge in [-0.1, -0.05) is 143 Å². The molecule has 2 aromatic heterocycles. The zero-order chi connectivity index (χ0) is 36.3. The summed E-state index contributed by atoms with van der Waals surface area (Å²) in [5.74, 6) is 0.547. The van der Waals surface area contributed by atoms with Crippen LogP contribution >= 0.6 is 11.3 Å². The van der Waals surface area contributed by atoms with Gasteiger partial charge in [0, 0.05) is 53.6 Å². The molecule has 0 saturated carbocycles. The molecule has 1 aliphatic rings. The monoisotopic (exact) mass is 902 g/mol. The van der Waals surface area contributed by atoms with E-state index in [9.17, 15) is 9.90 Å². The molecule has 6 aromatic rings. The zero-order valence-corrected chi connectivity index (χ0v) is 35.5. The number of carbonyl (C=O) groups is 1. The third-order valence-corrected chi connectivity index (χ3v) is 17.6. The first kappa shape index (κ1) is 39.5. The Morgan fingerprint density at radius 1 is 0.846 bits per heavy atom. The van der Waals surface area contributed by atoms with Crippen LogP contribution in [0.4, 0.5) is 0 Å². The van der Waals surface area contributed by atoms with Crippen molar-refractivity contribution >= 4 is 61.1 Å².